The number of rotatable bonds is 5. The number of pyridine rings is 1. The summed E-state index contributed by atoms with van der Waals surface area (Å²) in [5, 5.41) is 5.50. The second-order valence-corrected chi connectivity index (χ2v) is 20.7. The third-order valence-corrected chi connectivity index (χ3v) is 17.2. The SMILES string of the molecule is CC1(C)OB(c2cc(-c3nc4ccccc4c4c5c(ccc34)C3(c4ccccc4-c4ccccc43)c3ccccc3-5)cc(P(=O)(c3ccccc3)c3ccccc3)c2)OC1(C)C. The summed E-state index contributed by atoms with van der Waals surface area (Å²) in [7, 11) is -4.13. The van der Waals surface area contributed by atoms with Gasteiger partial charge in [0.05, 0.1) is 27.8 Å². The van der Waals surface area contributed by atoms with Crippen molar-refractivity contribution in [3.63, 3.8) is 0 Å². The summed E-state index contributed by atoms with van der Waals surface area (Å²) >= 11 is 0. The molecule has 1 spiro atoms. The lowest BCUT2D eigenvalue weighted by Gasteiger charge is -2.32. The van der Waals surface area contributed by atoms with E-state index in [1.807, 2.05) is 66.7 Å². The predicted octanol–water partition coefficient (Wildman–Crippen LogP) is 11.3. The summed E-state index contributed by atoms with van der Waals surface area (Å²) in [5.41, 5.74) is 11.9. The van der Waals surface area contributed by atoms with E-state index in [0.717, 1.165) is 49.0 Å². The van der Waals surface area contributed by atoms with Crippen LogP contribution < -0.4 is 21.4 Å². The lowest BCUT2D eigenvalue weighted by Crippen LogP contribution is -2.41. The van der Waals surface area contributed by atoms with Gasteiger partial charge in [-0.1, -0.05) is 176 Å². The first-order chi connectivity index (χ1) is 30.1. The fraction of sp³-hybridized carbons (Fsp3) is 0.125. The van der Waals surface area contributed by atoms with E-state index < -0.39 is 30.9 Å². The highest BCUT2D eigenvalue weighted by atomic mass is 31.2. The van der Waals surface area contributed by atoms with Crippen LogP contribution in [-0.2, 0) is 19.3 Å². The number of benzene rings is 8. The van der Waals surface area contributed by atoms with E-state index in [1.165, 1.54) is 44.5 Å². The Balaban J connectivity index is 1.18. The van der Waals surface area contributed by atoms with Crippen molar-refractivity contribution in [3.8, 4) is 33.5 Å². The van der Waals surface area contributed by atoms with E-state index in [4.69, 9.17) is 14.3 Å². The van der Waals surface area contributed by atoms with Gasteiger partial charge in [0, 0.05) is 37.6 Å². The second-order valence-electron chi connectivity index (χ2n) is 18.0. The zero-order valence-corrected chi connectivity index (χ0v) is 36.0. The molecular formula is C56H43BNO3P. The largest absolute Gasteiger partial charge is 0.494 e. The van der Waals surface area contributed by atoms with Crippen molar-refractivity contribution < 1.29 is 13.9 Å². The molecule has 0 bridgehead atoms. The molecule has 1 saturated heterocycles. The molecule has 0 radical (unpaired) electrons. The first-order valence-corrected chi connectivity index (χ1v) is 23.2. The van der Waals surface area contributed by atoms with Gasteiger partial charge in [-0.05, 0) is 89.8 Å². The molecule has 1 aliphatic heterocycles. The highest BCUT2D eigenvalue weighted by molar-refractivity contribution is 7.85. The maximum absolute atomic E-state index is 16.2. The molecule has 2 aliphatic carbocycles. The molecule has 62 heavy (non-hydrogen) atoms. The molecule has 298 valence electrons. The van der Waals surface area contributed by atoms with E-state index in [1.54, 1.807) is 0 Å². The Morgan fingerprint density at radius 3 is 1.61 bits per heavy atom. The molecule has 8 aromatic carbocycles. The van der Waals surface area contributed by atoms with Crippen LogP contribution in [0.1, 0.15) is 49.9 Å². The van der Waals surface area contributed by atoms with Crippen molar-refractivity contribution in [2.75, 3.05) is 0 Å². The van der Waals surface area contributed by atoms with Crippen LogP contribution in [0.4, 0.5) is 0 Å². The summed E-state index contributed by atoms with van der Waals surface area (Å²) in [6.07, 6.45) is 0. The molecule has 1 aromatic heterocycles. The van der Waals surface area contributed by atoms with E-state index in [2.05, 4.69) is 149 Å². The number of aromatic nitrogens is 1. The van der Waals surface area contributed by atoms with Gasteiger partial charge in [0.1, 0.15) is 0 Å². The van der Waals surface area contributed by atoms with E-state index >= 15 is 4.57 Å². The Labute approximate surface area is 362 Å². The van der Waals surface area contributed by atoms with E-state index in [-0.39, 0.29) is 0 Å². The first kappa shape index (κ1) is 37.4. The van der Waals surface area contributed by atoms with Crippen molar-refractivity contribution in [2.45, 2.75) is 44.3 Å². The Morgan fingerprint density at radius 1 is 0.484 bits per heavy atom. The number of para-hydroxylation sites is 1. The van der Waals surface area contributed by atoms with Gasteiger partial charge < -0.3 is 13.9 Å². The van der Waals surface area contributed by atoms with Gasteiger partial charge in [0.2, 0.25) is 0 Å². The van der Waals surface area contributed by atoms with Gasteiger partial charge >= 0.3 is 7.12 Å². The van der Waals surface area contributed by atoms with Crippen molar-refractivity contribution in [3.05, 3.63) is 210 Å². The lowest BCUT2D eigenvalue weighted by atomic mass is 9.70. The van der Waals surface area contributed by atoms with Gasteiger partial charge in [-0.2, -0.15) is 0 Å². The van der Waals surface area contributed by atoms with Crippen LogP contribution in [0.25, 0.3) is 55.2 Å². The van der Waals surface area contributed by atoms with Gasteiger partial charge in [-0.15, -0.1) is 0 Å². The number of hydrogen-bond acceptors (Lipinski definition) is 4. The topological polar surface area (TPSA) is 48.4 Å². The zero-order chi connectivity index (χ0) is 42.0. The Morgan fingerprint density at radius 2 is 1.00 bits per heavy atom. The zero-order valence-electron chi connectivity index (χ0n) is 35.1. The third-order valence-electron chi connectivity index (χ3n) is 14.2. The van der Waals surface area contributed by atoms with Crippen LogP contribution >= 0.6 is 7.14 Å². The van der Waals surface area contributed by atoms with Gasteiger partial charge in [-0.25, -0.2) is 4.98 Å². The summed E-state index contributed by atoms with van der Waals surface area (Å²) in [6.45, 7) is 8.28. The molecule has 9 aromatic rings. The smallest absolute Gasteiger partial charge is 0.399 e. The fourth-order valence-electron chi connectivity index (χ4n) is 10.6. The van der Waals surface area contributed by atoms with Crippen LogP contribution in [-0.4, -0.2) is 23.3 Å². The van der Waals surface area contributed by atoms with Crippen LogP contribution in [0.2, 0.25) is 0 Å². The van der Waals surface area contributed by atoms with Crippen LogP contribution in [0.3, 0.4) is 0 Å². The van der Waals surface area contributed by atoms with Gasteiger partial charge in [0.25, 0.3) is 0 Å². The number of nitrogens with zero attached hydrogens (tertiary/aromatic N) is 1. The monoisotopic (exact) mass is 819 g/mol. The average Bonchev–Trinajstić information content (AvgIpc) is 3.87. The lowest BCUT2D eigenvalue weighted by molar-refractivity contribution is 0.00578. The minimum absolute atomic E-state index is 0.486. The molecule has 0 atom stereocenters. The summed E-state index contributed by atoms with van der Waals surface area (Å²) < 4.78 is 29.7. The maximum atomic E-state index is 16.2. The summed E-state index contributed by atoms with van der Waals surface area (Å²) in [4.78, 5) is 5.54. The molecule has 0 amide bonds. The second kappa shape index (κ2) is 13.3. The molecular weight excluding hydrogens is 776 g/mol. The van der Waals surface area contributed by atoms with E-state index in [0.29, 0.717) is 5.30 Å². The van der Waals surface area contributed by atoms with Crippen LogP contribution in [0.15, 0.2) is 188 Å². The fourth-order valence-corrected chi connectivity index (χ4v) is 13.4. The molecule has 0 N–H and O–H groups in total. The number of fused-ring (bicyclic) bond motifs is 14. The Hall–Kier alpha value is -6.36. The molecule has 0 unspecified atom stereocenters. The Bertz CT molecular complexity index is 3260. The standard InChI is InChI=1S/C56H43BNO3P/c1-54(2)55(3,4)61-57(60-54)37-33-36(34-40(35-37)62(59,38-19-7-5-8-20-38)39-21-9-6-10-22-39)53-45-31-32-49-52(51(45)44-26-14-18-30-50(44)58-53)43-25-13-17-29-48(43)56(49)46-27-15-11-23-41(46)42-24-12-16-28-47(42)56/h5-35H,1-4H3. The molecule has 6 heteroatoms. The highest BCUT2D eigenvalue weighted by Crippen LogP contribution is 2.64. The van der Waals surface area contributed by atoms with Crippen LogP contribution in [0.5, 0.6) is 0 Å². The van der Waals surface area contributed by atoms with Gasteiger partial charge in [-0.3, -0.25) is 0 Å². The molecule has 4 nitrogen and oxygen atoms in total. The quantitative estimate of drug-likeness (QED) is 0.0986. The molecule has 1 fully saturated rings. The molecule has 3 aliphatic rings. The predicted molar refractivity (Wildman–Crippen MR) is 256 cm³/mol. The summed E-state index contributed by atoms with van der Waals surface area (Å²) in [6, 6.07) is 66.0. The van der Waals surface area contributed by atoms with Crippen molar-refractivity contribution in [2.24, 2.45) is 0 Å². The summed E-state index contributed by atoms with van der Waals surface area (Å²) in [5.74, 6) is 0. The van der Waals surface area contributed by atoms with E-state index in [9.17, 15) is 0 Å². The molecule has 2 heterocycles. The number of hydrogen-bond donors (Lipinski definition) is 0. The van der Waals surface area contributed by atoms with Crippen molar-refractivity contribution >= 4 is 57.3 Å². The normalized spacial score (nSPS) is 16.4. The minimum atomic E-state index is -3.44. The first-order valence-electron chi connectivity index (χ1n) is 21.5. The van der Waals surface area contributed by atoms with Gasteiger partial charge in [0.15, 0.2) is 7.14 Å². The third kappa shape index (κ3) is 5.05. The maximum Gasteiger partial charge on any atom is 0.494 e. The highest BCUT2D eigenvalue weighted by Gasteiger charge is 2.53. The Kier molecular flexibility index (Phi) is 8.04. The minimum Gasteiger partial charge on any atom is -0.399 e. The average molecular weight is 820 g/mol. The van der Waals surface area contributed by atoms with Crippen molar-refractivity contribution in [1.29, 1.82) is 0 Å². The molecule has 12 rings (SSSR count). The van der Waals surface area contributed by atoms with Crippen LogP contribution in [0, 0.1) is 0 Å². The molecule has 0 saturated carbocycles. The van der Waals surface area contributed by atoms with Crippen molar-refractivity contribution in [1.82, 2.24) is 4.98 Å².